The molecule has 0 aliphatic carbocycles. The molecule has 2 aromatic rings. The third-order valence-electron chi connectivity index (χ3n) is 7.42. The van der Waals surface area contributed by atoms with Crippen LogP contribution < -0.4 is 15.4 Å². The molecule has 1 saturated heterocycles. The molecule has 0 saturated carbocycles. The molecule has 3 amide bonds. The van der Waals surface area contributed by atoms with E-state index in [2.05, 4.69) is 33.7 Å². The zero-order valence-corrected chi connectivity index (χ0v) is 19.4. The van der Waals surface area contributed by atoms with Gasteiger partial charge in [0, 0.05) is 32.4 Å². The molecule has 0 atom stereocenters. The van der Waals surface area contributed by atoms with Crippen molar-refractivity contribution in [3.8, 4) is 11.8 Å². The molecule has 34 heavy (non-hydrogen) atoms. The van der Waals surface area contributed by atoms with Gasteiger partial charge in [-0.05, 0) is 79.4 Å². The number of urea groups is 1. The zero-order chi connectivity index (χ0) is 23.7. The summed E-state index contributed by atoms with van der Waals surface area (Å²) in [4.78, 5) is 28.9. The van der Waals surface area contributed by atoms with Crippen molar-refractivity contribution >= 4 is 17.6 Å². The number of rotatable bonds is 4. The van der Waals surface area contributed by atoms with Gasteiger partial charge in [-0.15, -0.1) is 0 Å². The average Bonchev–Trinajstić information content (AvgIpc) is 3.14. The molecule has 2 N–H and O–H groups in total. The number of amides is 3. The average molecular weight is 460 g/mol. The number of likely N-dealkylation sites (tertiary alicyclic amines) is 1. The van der Waals surface area contributed by atoms with E-state index in [1.165, 1.54) is 11.1 Å². The number of fused-ring (bicyclic) bond motifs is 3. The predicted molar refractivity (Wildman–Crippen MR) is 128 cm³/mol. The minimum absolute atomic E-state index is 0.0432. The lowest BCUT2D eigenvalue weighted by Crippen LogP contribution is -2.47. The van der Waals surface area contributed by atoms with Crippen molar-refractivity contribution in [1.82, 2.24) is 15.1 Å². The Bertz CT molecular complexity index is 1160. The standard InChI is InChI=1S/C26H29N5O3/c1-28-25(33)31-9-6-19-15-21(4-3-20(19)17-31)34-13-12-30-10-7-26(8-11-30)22-14-18(16-27)2-5-23(22)29-24(26)32/h2-5,14-15H,6-13,17H2,1H3,(H,28,33)(H,29,32). The Balaban J connectivity index is 1.15. The molecule has 0 bridgehead atoms. The maximum atomic E-state index is 12.8. The van der Waals surface area contributed by atoms with E-state index in [4.69, 9.17) is 4.74 Å². The number of ether oxygens (including phenoxy) is 1. The number of anilines is 1. The number of nitrogens with zero attached hydrogens (tertiary/aromatic N) is 3. The number of nitriles is 1. The minimum atomic E-state index is -0.527. The van der Waals surface area contributed by atoms with Gasteiger partial charge in [-0.25, -0.2) is 4.79 Å². The summed E-state index contributed by atoms with van der Waals surface area (Å²) in [6, 6.07) is 13.7. The van der Waals surface area contributed by atoms with Crippen LogP contribution in [0.3, 0.4) is 0 Å². The van der Waals surface area contributed by atoms with Crippen LogP contribution in [0.5, 0.6) is 5.75 Å². The van der Waals surface area contributed by atoms with Crippen LogP contribution in [-0.4, -0.2) is 61.6 Å². The van der Waals surface area contributed by atoms with Gasteiger partial charge in [0.05, 0.1) is 17.0 Å². The van der Waals surface area contributed by atoms with Gasteiger partial charge in [-0.2, -0.15) is 5.26 Å². The fourth-order valence-electron chi connectivity index (χ4n) is 5.38. The minimum Gasteiger partial charge on any atom is -0.492 e. The van der Waals surface area contributed by atoms with Crippen LogP contribution >= 0.6 is 0 Å². The fourth-order valence-corrected chi connectivity index (χ4v) is 5.38. The van der Waals surface area contributed by atoms with Crippen molar-refractivity contribution in [3.05, 3.63) is 58.7 Å². The first kappa shape index (κ1) is 22.2. The second kappa shape index (κ2) is 8.99. The maximum absolute atomic E-state index is 12.8. The number of piperidine rings is 1. The van der Waals surface area contributed by atoms with E-state index in [-0.39, 0.29) is 11.9 Å². The summed E-state index contributed by atoms with van der Waals surface area (Å²) >= 11 is 0. The van der Waals surface area contributed by atoms with E-state index < -0.39 is 5.41 Å². The van der Waals surface area contributed by atoms with Crippen LogP contribution in [0.15, 0.2) is 36.4 Å². The summed E-state index contributed by atoms with van der Waals surface area (Å²) in [7, 11) is 1.66. The topological polar surface area (TPSA) is 97.7 Å². The zero-order valence-electron chi connectivity index (χ0n) is 19.4. The van der Waals surface area contributed by atoms with Crippen LogP contribution in [0.25, 0.3) is 0 Å². The van der Waals surface area contributed by atoms with Gasteiger partial charge in [0.2, 0.25) is 5.91 Å². The number of hydrogen-bond donors (Lipinski definition) is 2. The molecule has 3 heterocycles. The van der Waals surface area contributed by atoms with Gasteiger partial charge in [0.1, 0.15) is 12.4 Å². The Morgan fingerprint density at radius 2 is 2.00 bits per heavy atom. The molecule has 8 heteroatoms. The maximum Gasteiger partial charge on any atom is 0.317 e. The number of benzene rings is 2. The van der Waals surface area contributed by atoms with Gasteiger partial charge >= 0.3 is 6.03 Å². The van der Waals surface area contributed by atoms with Crippen molar-refractivity contribution in [2.75, 3.05) is 45.2 Å². The fraction of sp³-hybridized carbons (Fsp3) is 0.423. The summed E-state index contributed by atoms with van der Waals surface area (Å²) in [6.45, 7) is 4.33. The van der Waals surface area contributed by atoms with Crippen LogP contribution in [0.2, 0.25) is 0 Å². The summed E-state index contributed by atoms with van der Waals surface area (Å²) in [5.74, 6) is 0.909. The molecule has 8 nitrogen and oxygen atoms in total. The lowest BCUT2D eigenvalue weighted by Gasteiger charge is -2.38. The van der Waals surface area contributed by atoms with Gasteiger partial charge in [-0.3, -0.25) is 9.69 Å². The van der Waals surface area contributed by atoms with Gasteiger partial charge in [-0.1, -0.05) is 6.07 Å². The monoisotopic (exact) mass is 459 g/mol. The Morgan fingerprint density at radius 3 is 2.76 bits per heavy atom. The molecule has 3 aliphatic rings. The van der Waals surface area contributed by atoms with E-state index in [9.17, 15) is 14.9 Å². The van der Waals surface area contributed by atoms with E-state index >= 15 is 0 Å². The highest BCUT2D eigenvalue weighted by molar-refractivity contribution is 6.06. The molecule has 1 fully saturated rings. The van der Waals surface area contributed by atoms with E-state index in [0.29, 0.717) is 25.3 Å². The smallest absolute Gasteiger partial charge is 0.317 e. The second-order valence-electron chi connectivity index (χ2n) is 9.26. The summed E-state index contributed by atoms with van der Waals surface area (Å²) in [6.07, 6.45) is 2.30. The molecule has 0 radical (unpaired) electrons. The molecule has 0 unspecified atom stereocenters. The molecule has 2 aromatic carbocycles. The highest BCUT2D eigenvalue weighted by atomic mass is 16.5. The predicted octanol–water partition coefficient (Wildman–Crippen LogP) is 2.62. The molecule has 3 aliphatic heterocycles. The van der Waals surface area contributed by atoms with Gasteiger partial charge in [0.15, 0.2) is 0 Å². The van der Waals surface area contributed by atoms with Crippen LogP contribution in [0.1, 0.15) is 35.1 Å². The van der Waals surface area contributed by atoms with Gasteiger partial charge < -0.3 is 20.3 Å². The van der Waals surface area contributed by atoms with E-state index in [1.54, 1.807) is 13.1 Å². The summed E-state index contributed by atoms with van der Waals surface area (Å²) in [5.41, 5.74) is 4.28. The Kier molecular flexibility index (Phi) is 5.88. The van der Waals surface area contributed by atoms with Crippen LogP contribution in [0.4, 0.5) is 10.5 Å². The third kappa shape index (κ3) is 3.97. The molecule has 1 spiro atoms. The number of carbonyl (C=O) groups is 2. The number of nitrogens with one attached hydrogen (secondary N) is 2. The molecule has 176 valence electrons. The first-order chi connectivity index (χ1) is 16.5. The van der Waals surface area contributed by atoms with Crippen molar-refractivity contribution in [2.45, 2.75) is 31.2 Å². The summed E-state index contributed by atoms with van der Waals surface area (Å²) < 4.78 is 6.05. The largest absolute Gasteiger partial charge is 0.492 e. The Morgan fingerprint density at radius 1 is 1.18 bits per heavy atom. The Labute approximate surface area is 199 Å². The van der Waals surface area contributed by atoms with Crippen molar-refractivity contribution in [3.63, 3.8) is 0 Å². The first-order valence-corrected chi connectivity index (χ1v) is 11.8. The molecular formula is C26H29N5O3. The highest BCUT2D eigenvalue weighted by Crippen LogP contribution is 2.45. The quantitative estimate of drug-likeness (QED) is 0.733. The third-order valence-corrected chi connectivity index (χ3v) is 7.42. The van der Waals surface area contributed by atoms with Crippen molar-refractivity contribution in [1.29, 1.82) is 5.26 Å². The van der Waals surface area contributed by atoms with E-state index in [1.807, 2.05) is 23.1 Å². The Hall–Kier alpha value is -3.57. The van der Waals surface area contributed by atoms with Crippen LogP contribution in [-0.2, 0) is 23.2 Å². The van der Waals surface area contributed by atoms with Gasteiger partial charge in [0.25, 0.3) is 0 Å². The lowest BCUT2D eigenvalue weighted by molar-refractivity contribution is -0.122. The number of hydrogen-bond acceptors (Lipinski definition) is 5. The molecule has 5 rings (SSSR count). The second-order valence-corrected chi connectivity index (χ2v) is 9.26. The summed E-state index contributed by atoms with van der Waals surface area (Å²) in [5, 5.41) is 15.0. The van der Waals surface area contributed by atoms with Crippen molar-refractivity contribution in [2.24, 2.45) is 0 Å². The molecule has 0 aromatic heterocycles. The normalized spacial score (nSPS) is 18.6. The van der Waals surface area contributed by atoms with Crippen LogP contribution in [0, 0.1) is 11.3 Å². The molecular weight excluding hydrogens is 430 g/mol. The van der Waals surface area contributed by atoms with E-state index in [0.717, 1.165) is 55.9 Å². The SMILES string of the molecule is CNC(=O)N1CCc2cc(OCCN3CCC4(CC3)C(=O)Nc3ccc(C#N)cc34)ccc2C1. The highest BCUT2D eigenvalue weighted by Gasteiger charge is 2.48. The number of carbonyl (C=O) groups excluding carboxylic acids is 2. The van der Waals surface area contributed by atoms with Crippen molar-refractivity contribution < 1.29 is 14.3 Å². The first-order valence-electron chi connectivity index (χ1n) is 11.8. The lowest BCUT2D eigenvalue weighted by atomic mass is 9.73.